The van der Waals surface area contributed by atoms with Crippen LogP contribution in [0.15, 0.2) is 35.2 Å². The Morgan fingerprint density at radius 2 is 1.63 bits per heavy atom. The number of hydrogen-bond donors (Lipinski definition) is 1. The maximum Gasteiger partial charge on any atom is 0.243 e. The quantitative estimate of drug-likeness (QED) is 0.787. The van der Waals surface area contributed by atoms with Crippen LogP contribution >= 0.6 is 0 Å². The van der Waals surface area contributed by atoms with Crippen LogP contribution in [0.2, 0.25) is 0 Å². The topological polar surface area (TPSA) is 86.8 Å². The first kappa shape index (κ1) is 19.8. The Balaban J connectivity index is 1.43. The van der Waals surface area contributed by atoms with Gasteiger partial charge in [0.2, 0.25) is 21.8 Å². The van der Waals surface area contributed by atoms with Gasteiger partial charge in [-0.3, -0.25) is 9.59 Å². The van der Waals surface area contributed by atoms with Gasteiger partial charge in [-0.15, -0.1) is 0 Å². The summed E-state index contributed by atoms with van der Waals surface area (Å²) in [6.45, 7) is 2.66. The molecule has 2 fully saturated rings. The summed E-state index contributed by atoms with van der Waals surface area (Å²) in [4.78, 5) is 26.4. The highest BCUT2D eigenvalue weighted by Gasteiger charge is 2.32. The van der Waals surface area contributed by atoms with Crippen LogP contribution in [0.3, 0.4) is 0 Å². The third-order valence-electron chi connectivity index (χ3n) is 5.30. The van der Waals surface area contributed by atoms with E-state index in [4.69, 9.17) is 0 Å². The third-order valence-corrected chi connectivity index (χ3v) is 7.22. The van der Waals surface area contributed by atoms with Crippen LogP contribution < -0.4 is 5.32 Å². The Labute approximate surface area is 160 Å². The first-order valence-electron chi connectivity index (χ1n) is 9.59. The minimum atomic E-state index is -3.50. The lowest BCUT2D eigenvalue weighted by molar-refractivity contribution is -0.130. The molecule has 0 radical (unpaired) electrons. The summed E-state index contributed by atoms with van der Waals surface area (Å²) in [5, 5.41) is 2.84. The van der Waals surface area contributed by atoms with Crippen molar-refractivity contribution in [1.82, 2.24) is 14.5 Å². The van der Waals surface area contributed by atoms with Gasteiger partial charge in [0.05, 0.1) is 4.90 Å². The fraction of sp³-hybridized carbons (Fsp3) is 0.579. The average molecular weight is 394 g/mol. The van der Waals surface area contributed by atoms with Gasteiger partial charge < -0.3 is 10.2 Å². The van der Waals surface area contributed by atoms with Gasteiger partial charge in [-0.25, -0.2) is 8.42 Å². The van der Waals surface area contributed by atoms with E-state index in [-0.39, 0.29) is 22.6 Å². The molecule has 7 nitrogen and oxygen atoms in total. The van der Waals surface area contributed by atoms with Crippen molar-refractivity contribution < 1.29 is 18.0 Å². The van der Waals surface area contributed by atoms with Crippen molar-refractivity contribution in [3.63, 3.8) is 0 Å². The van der Waals surface area contributed by atoms with E-state index in [0.717, 1.165) is 25.9 Å². The number of nitrogens with one attached hydrogen (secondary N) is 1. The molecule has 0 bridgehead atoms. The van der Waals surface area contributed by atoms with E-state index in [2.05, 4.69) is 5.32 Å². The summed E-state index contributed by atoms with van der Waals surface area (Å²) in [7, 11) is -3.50. The summed E-state index contributed by atoms with van der Waals surface area (Å²) in [6.07, 6.45) is 3.44. The largest absolute Gasteiger partial charge is 0.355 e. The summed E-state index contributed by atoms with van der Waals surface area (Å²) in [5.74, 6) is -0.188. The molecule has 0 aromatic heterocycles. The number of carbonyl (C=O) groups excluding carboxylic acids is 2. The van der Waals surface area contributed by atoms with Gasteiger partial charge in [-0.2, -0.15) is 4.31 Å². The second-order valence-corrected chi connectivity index (χ2v) is 9.06. The molecule has 8 heteroatoms. The van der Waals surface area contributed by atoms with Crippen molar-refractivity contribution in [2.75, 3.05) is 32.7 Å². The van der Waals surface area contributed by atoms with Gasteiger partial charge in [-0.1, -0.05) is 18.2 Å². The highest BCUT2D eigenvalue weighted by molar-refractivity contribution is 7.89. The van der Waals surface area contributed by atoms with E-state index in [0.29, 0.717) is 38.9 Å². The fourth-order valence-corrected chi connectivity index (χ4v) is 5.15. The number of sulfonamides is 1. The first-order valence-corrected chi connectivity index (χ1v) is 11.0. The molecular formula is C19H27N3O4S. The van der Waals surface area contributed by atoms with E-state index < -0.39 is 10.0 Å². The molecule has 2 heterocycles. The van der Waals surface area contributed by atoms with Crippen LogP contribution in [-0.2, 0) is 19.6 Å². The molecule has 3 rings (SSSR count). The predicted molar refractivity (Wildman–Crippen MR) is 101 cm³/mol. The molecule has 1 aromatic carbocycles. The average Bonchev–Trinajstić information content (AvgIpc) is 3.23. The second-order valence-electron chi connectivity index (χ2n) is 7.12. The predicted octanol–water partition coefficient (Wildman–Crippen LogP) is 1.22. The van der Waals surface area contributed by atoms with E-state index in [9.17, 15) is 18.0 Å². The van der Waals surface area contributed by atoms with Crippen molar-refractivity contribution in [3.8, 4) is 0 Å². The zero-order valence-electron chi connectivity index (χ0n) is 15.5. The Morgan fingerprint density at radius 3 is 2.26 bits per heavy atom. The summed E-state index contributed by atoms with van der Waals surface area (Å²) < 4.78 is 26.7. The van der Waals surface area contributed by atoms with Crippen molar-refractivity contribution in [2.24, 2.45) is 5.92 Å². The molecule has 2 amide bonds. The van der Waals surface area contributed by atoms with E-state index >= 15 is 0 Å². The minimum absolute atomic E-state index is 0.0824. The number of hydrogen-bond acceptors (Lipinski definition) is 4. The van der Waals surface area contributed by atoms with Gasteiger partial charge in [0.1, 0.15) is 0 Å². The molecule has 0 saturated carbocycles. The number of likely N-dealkylation sites (tertiary alicyclic amines) is 1. The second kappa shape index (κ2) is 8.84. The minimum Gasteiger partial charge on any atom is -0.355 e. The Hall–Kier alpha value is -1.93. The molecule has 2 aliphatic heterocycles. The van der Waals surface area contributed by atoms with Crippen LogP contribution in [0.5, 0.6) is 0 Å². The number of carbonyl (C=O) groups is 2. The van der Waals surface area contributed by atoms with E-state index in [1.54, 1.807) is 30.3 Å². The molecule has 2 aliphatic rings. The van der Waals surface area contributed by atoms with Crippen molar-refractivity contribution in [3.05, 3.63) is 30.3 Å². The zero-order valence-corrected chi connectivity index (χ0v) is 16.3. The Bertz CT molecular complexity index is 752. The molecule has 0 atom stereocenters. The molecule has 0 spiro atoms. The number of piperidine rings is 1. The molecule has 1 N–H and O–H groups in total. The molecular weight excluding hydrogens is 366 g/mol. The lowest BCUT2D eigenvalue weighted by Crippen LogP contribution is -2.43. The molecule has 27 heavy (non-hydrogen) atoms. The SMILES string of the molecule is O=C(NCCC(=O)N1CCCC1)C1CCN(S(=O)(=O)c2ccccc2)CC1. The van der Waals surface area contributed by atoms with Crippen LogP contribution in [0.4, 0.5) is 0 Å². The van der Waals surface area contributed by atoms with Crippen LogP contribution in [0.25, 0.3) is 0 Å². The summed E-state index contributed by atoms with van der Waals surface area (Å²) in [5.41, 5.74) is 0. The zero-order chi connectivity index (χ0) is 19.3. The normalized spacial score (nSPS) is 19.2. The van der Waals surface area contributed by atoms with Gasteiger partial charge in [0, 0.05) is 45.1 Å². The molecule has 0 aliphatic carbocycles. The van der Waals surface area contributed by atoms with Crippen molar-refractivity contribution in [1.29, 1.82) is 0 Å². The highest BCUT2D eigenvalue weighted by Crippen LogP contribution is 2.23. The Kier molecular flexibility index (Phi) is 6.49. The van der Waals surface area contributed by atoms with Gasteiger partial charge in [0.25, 0.3) is 0 Å². The number of rotatable bonds is 6. The molecule has 148 valence electrons. The third kappa shape index (κ3) is 4.87. The molecule has 1 aromatic rings. The maximum absolute atomic E-state index is 12.6. The number of amides is 2. The number of benzene rings is 1. The van der Waals surface area contributed by atoms with Crippen molar-refractivity contribution in [2.45, 2.75) is 37.0 Å². The lowest BCUT2D eigenvalue weighted by Gasteiger charge is -2.30. The first-order chi connectivity index (χ1) is 13.0. The number of nitrogens with zero attached hydrogens (tertiary/aromatic N) is 2. The fourth-order valence-electron chi connectivity index (χ4n) is 3.66. The maximum atomic E-state index is 12.6. The molecule has 2 saturated heterocycles. The van der Waals surface area contributed by atoms with Crippen LogP contribution in [-0.4, -0.2) is 62.2 Å². The van der Waals surface area contributed by atoms with Crippen LogP contribution in [0.1, 0.15) is 32.1 Å². The Morgan fingerprint density at radius 1 is 1.00 bits per heavy atom. The highest BCUT2D eigenvalue weighted by atomic mass is 32.2. The monoisotopic (exact) mass is 393 g/mol. The van der Waals surface area contributed by atoms with E-state index in [1.165, 1.54) is 4.31 Å². The van der Waals surface area contributed by atoms with Gasteiger partial charge in [0.15, 0.2) is 0 Å². The summed E-state index contributed by atoms with van der Waals surface area (Å²) >= 11 is 0. The van der Waals surface area contributed by atoms with E-state index in [1.807, 2.05) is 4.90 Å². The van der Waals surface area contributed by atoms with Crippen molar-refractivity contribution >= 4 is 21.8 Å². The smallest absolute Gasteiger partial charge is 0.243 e. The van der Waals surface area contributed by atoms with Crippen LogP contribution in [0, 0.1) is 5.92 Å². The molecule has 0 unspecified atom stereocenters. The standard InChI is InChI=1S/C19H27N3O4S/c23-18(21-12-4-5-13-21)8-11-20-19(24)16-9-14-22(15-10-16)27(25,26)17-6-2-1-3-7-17/h1-3,6-7,16H,4-5,8-15H2,(H,20,24). The van der Waals surface area contributed by atoms with Gasteiger partial charge in [-0.05, 0) is 37.8 Å². The van der Waals surface area contributed by atoms with Gasteiger partial charge >= 0.3 is 0 Å². The lowest BCUT2D eigenvalue weighted by atomic mass is 9.97. The summed E-state index contributed by atoms with van der Waals surface area (Å²) in [6, 6.07) is 8.37.